The van der Waals surface area contributed by atoms with E-state index in [9.17, 15) is 5.26 Å². The Balaban J connectivity index is 1.68. The Morgan fingerprint density at radius 2 is 2.14 bits per heavy atom. The molecule has 22 heavy (non-hydrogen) atoms. The topological polar surface area (TPSA) is 65.4 Å². The fourth-order valence-corrected chi connectivity index (χ4v) is 3.49. The molecular formula is C16H14N4S2. The zero-order chi connectivity index (χ0) is 15.4. The van der Waals surface area contributed by atoms with Crippen molar-refractivity contribution in [3.8, 4) is 16.8 Å². The van der Waals surface area contributed by atoms with E-state index in [1.165, 1.54) is 17.3 Å². The van der Waals surface area contributed by atoms with Gasteiger partial charge in [0, 0.05) is 0 Å². The van der Waals surface area contributed by atoms with Crippen molar-refractivity contribution in [3.05, 3.63) is 52.9 Å². The summed E-state index contributed by atoms with van der Waals surface area (Å²) in [5, 5.41) is 18.9. The van der Waals surface area contributed by atoms with Gasteiger partial charge in [-0.25, -0.2) is 4.98 Å². The lowest BCUT2D eigenvalue weighted by Crippen LogP contribution is -2.04. The predicted octanol–water partition coefficient (Wildman–Crippen LogP) is 4.07. The van der Waals surface area contributed by atoms with Gasteiger partial charge in [0.2, 0.25) is 5.16 Å². The largest absolute Gasteiger partial charge is 0.257 e. The van der Waals surface area contributed by atoms with Gasteiger partial charge < -0.3 is 0 Å². The van der Waals surface area contributed by atoms with E-state index in [0.29, 0.717) is 11.6 Å². The van der Waals surface area contributed by atoms with Gasteiger partial charge in [-0.1, -0.05) is 47.7 Å². The zero-order valence-corrected chi connectivity index (χ0v) is 13.6. The minimum atomic E-state index is -0.199. The Morgan fingerprint density at radius 1 is 1.32 bits per heavy atom. The second-order valence-corrected chi connectivity index (χ2v) is 6.99. The molecule has 1 N–H and O–H groups in total. The molecule has 0 bridgehead atoms. The third kappa shape index (κ3) is 3.56. The van der Waals surface area contributed by atoms with E-state index >= 15 is 0 Å². The summed E-state index contributed by atoms with van der Waals surface area (Å²) in [7, 11) is 0. The molecule has 4 nitrogen and oxygen atoms in total. The van der Waals surface area contributed by atoms with Crippen LogP contribution in [0.4, 0.5) is 0 Å². The maximum absolute atomic E-state index is 9.36. The first-order valence-electron chi connectivity index (χ1n) is 6.82. The number of aromatic amines is 1. The number of thioether (sulfide) groups is 1. The second kappa shape index (κ2) is 6.77. The van der Waals surface area contributed by atoms with E-state index in [1.54, 1.807) is 11.3 Å². The van der Waals surface area contributed by atoms with Gasteiger partial charge in [-0.3, -0.25) is 5.10 Å². The average molecular weight is 326 g/mol. The lowest BCUT2D eigenvalue weighted by molar-refractivity contribution is 0.954. The highest BCUT2D eigenvalue weighted by Gasteiger charge is 2.15. The van der Waals surface area contributed by atoms with Crippen molar-refractivity contribution in [1.82, 2.24) is 15.2 Å². The van der Waals surface area contributed by atoms with Crippen LogP contribution in [0.5, 0.6) is 0 Å². The van der Waals surface area contributed by atoms with Crippen LogP contribution in [0.15, 0.2) is 46.9 Å². The lowest BCUT2D eigenvalue weighted by atomic mass is 10.1. The van der Waals surface area contributed by atoms with Gasteiger partial charge in [-0.05, 0) is 30.4 Å². The second-order valence-electron chi connectivity index (χ2n) is 4.87. The summed E-state index contributed by atoms with van der Waals surface area (Å²) in [5.41, 5.74) is 2.37. The van der Waals surface area contributed by atoms with Gasteiger partial charge in [0.25, 0.3) is 0 Å². The SMILES string of the molecule is Cc1ccc(CC(C#N)Sc2n[nH]c(-c3cccs3)n2)cc1. The number of aromatic nitrogens is 3. The highest BCUT2D eigenvalue weighted by molar-refractivity contribution is 8.00. The number of nitrogens with one attached hydrogen (secondary N) is 1. The number of aryl methyl sites for hydroxylation is 1. The van der Waals surface area contributed by atoms with Crippen LogP contribution in [0.2, 0.25) is 0 Å². The molecule has 0 radical (unpaired) electrons. The van der Waals surface area contributed by atoms with Crippen LogP contribution in [0, 0.1) is 18.3 Å². The van der Waals surface area contributed by atoms with Gasteiger partial charge in [0.1, 0.15) is 5.25 Å². The number of benzene rings is 1. The van der Waals surface area contributed by atoms with Crippen molar-refractivity contribution in [3.63, 3.8) is 0 Å². The Labute approximate surface area is 137 Å². The monoisotopic (exact) mass is 326 g/mol. The Morgan fingerprint density at radius 3 is 2.82 bits per heavy atom. The van der Waals surface area contributed by atoms with Gasteiger partial charge >= 0.3 is 0 Å². The van der Waals surface area contributed by atoms with Gasteiger partial charge in [0.15, 0.2) is 5.82 Å². The standard InChI is InChI=1S/C16H14N4S2/c1-11-4-6-12(7-5-11)9-13(10-17)22-16-18-15(19-20-16)14-3-2-8-21-14/h2-8,13H,9H2,1H3,(H,18,19,20). The molecule has 3 rings (SSSR count). The summed E-state index contributed by atoms with van der Waals surface area (Å²) in [4.78, 5) is 5.50. The molecule has 0 saturated heterocycles. The first-order valence-corrected chi connectivity index (χ1v) is 8.58. The zero-order valence-electron chi connectivity index (χ0n) is 12.0. The molecule has 0 fully saturated rings. The Kier molecular flexibility index (Phi) is 4.56. The van der Waals surface area contributed by atoms with E-state index in [0.717, 1.165) is 16.3 Å². The molecule has 2 aromatic heterocycles. The molecule has 0 aliphatic rings. The van der Waals surface area contributed by atoms with Crippen molar-refractivity contribution in [2.24, 2.45) is 0 Å². The number of rotatable bonds is 5. The number of hydrogen-bond acceptors (Lipinski definition) is 5. The third-order valence-electron chi connectivity index (χ3n) is 3.15. The molecule has 1 unspecified atom stereocenters. The first kappa shape index (κ1) is 14.8. The molecule has 0 aliphatic carbocycles. The highest BCUT2D eigenvalue weighted by Crippen LogP contribution is 2.26. The van der Waals surface area contributed by atoms with E-state index in [-0.39, 0.29) is 5.25 Å². The quantitative estimate of drug-likeness (QED) is 0.718. The molecular weight excluding hydrogens is 312 g/mol. The maximum atomic E-state index is 9.36. The fourth-order valence-electron chi connectivity index (χ4n) is 2.00. The van der Waals surface area contributed by atoms with Crippen LogP contribution in [-0.4, -0.2) is 20.4 Å². The molecule has 0 aliphatic heterocycles. The van der Waals surface area contributed by atoms with Gasteiger partial charge in [-0.2, -0.15) is 5.26 Å². The summed E-state index contributed by atoms with van der Waals surface area (Å²) in [6.07, 6.45) is 0.685. The molecule has 3 aromatic rings. The molecule has 6 heteroatoms. The van der Waals surface area contributed by atoms with Crippen LogP contribution < -0.4 is 0 Å². The number of H-pyrrole nitrogens is 1. The number of nitrogens with zero attached hydrogens (tertiary/aromatic N) is 3. The van der Waals surface area contributed by atoms with Crippen molar-refractivity contribution in [2.75, 3.05) is 0 Å². The smallest absolute Gasteiger partial charge is 0.210 e. The van der Waals surface area contributed by atoms with Gasteiger partial charge in [-0.15, -0.1) is 16.4 Å². The number of nitriles is 1. The number of hydrogen-bond donors (Lipinski definition) is 1. The summed E-state index contributed by atoms with van der Waals surface area (Å²) < 4.78 is 0. The first-order chi connectivity index (χ1) is 10.7. The lowest BCUT2D eigenvalue weighted by Gasteiger charge is -2.06. The molecule has 0 spiro atoms. The van der Waals surface area contributed by atoms with Crippen LogP contribution in [0.1, 0.15) is 11.1 Å². The molecule has 110 valence electrons. The predicted molar refractivity (Wildman–Crippen MR) is 89.8 cm³/mol. The normalized spacial score (nSPS) is 12.0. The number of thiophene rings is 1. The summed E-state index contributed by atoms with van der Waals surface area (Å²) in [5.74, 6) is 0.754. The van der Waals surface area contributed by atoms with Crippen LogP contribution >= 0.6 is 23.1 Å². The van der Waals surface area contributed by atoms with Crippen molar-refractivity contribution in [1.29, 1.82) is 5.26 Å². The van der Waals surface area contributed by atoms with E-state index in [1.807, 2.05) is 17.5 Å². The Bertz CT molecular complexity index is 769. The fraction of sp³-hybridized carbons (Fsp3) is 0.188. The van der Waals surface area contributed by atoms with Crippen molar-refractivity contribution in [2.45, 2.75) is 23.8 Å². The molecule has 0 saturated carbocycles. The molecule has 2 heterocycles. The molecule has 0 amide bonds. The van der Waals surface area contributed by atoms with Crippen LogP contribution in [0.25, 0.3) is 10.7 Å². The summed E-state index contributed by atoms with van der Waals surface area (Å²) in [6, 6.07) is 14.6. The molecule has 1 aromatic carbocycles. The maximum Gasteiger partial charge on any atom is 0.210 e. The van der Waals surface area contributed by atoms with Crippen molar-refractivity contribution >= 4 is 23.1 Å². The van der Waals surface area contributed by atoms with Crippen LogP contribution in [-0.2, 0) is 6.42 Å². The summed E-state index contributed by atoms with van der Waals surface area (Å²) >= 11 is 3.01. The van der Waals surface area contributed by atoms with Crippen molar-refractivity contribution < 1.29 is 0 Å². The van der Waals surface area contributed by atoms with E-state index in [4.69, 9.17) is 0 Å². The highest BCUT2D eigenvalue weighted by atomic mass is 32.2. The van der Waals surface area contributed by atoms with E-state index < -0.39 is 0 Å². The Hall–Kier alpha value is -2.10. The molecule has 1 atom stereocenters. The minimum Gasteiger partial charge on any atom is -0.257 e. The third-order valence-corrected chi connectivity index (χ3v) is 4.98. The summed E-state index contributed by atoms with van der Waals surface area (Å²) in [6.45, 7) is 2.06. The van der Waals surface area contributed by atoms with Gasteiger partial charge in [0.05, 0.1) is 10.9 Å². The van der Waals surface area contributed by atoms with E-state index in [2.05, 4.69) is 52.4 Å². The minimum absolute atomic E-state index is 0.199. The average Bonchev–Trinajstić information content (AvgIpc) is 3.19. The van der Waals surface area contributed by atoms with Crippen LogP contribution in [0.3, 0.4) is 0 Å².